The van der Waals surface area contributed by atoms with E-state index in [0.29, 0.717) is 67.4 Å². The lowest BCUT2D eigenvalue weighted by Gasteiger charge is -2.40. The van der Waals surface area contributed by atoms with E-state index in [2.05, 4.69) is 31.7 Å². The Balaban J connectivity index is 1.64. The number of rotatable bonds is 3. The second-order valence-corrected chi connectivity index (χ2v) is 10.4. The zero-order chi connectivity index (χ0) is 28.8. The summed E-state index contributed by atoms with van der Waals surface area (Å²) >= 11 is 0. The van der Waals surface area contributed by atoms with Gasteiger partial charge in [-0.2, -0.15) is 9.97 Å². The van der Waals surface area contributed by atoms with Crippen LogP contribution in [0.3, 0.4) is 0 Å². The van der Waals surface area contributed by atoms with E-state index in [0.717, 1.165) is 0 Å². The maximum atomic E-state index is 15.8. The largest absolute Gasteiger partial charge is 0.491 e. The van der Waals surface area contributed by atoms with Crippen molar-refractivity contribution in [3.8, 4) is 23.0 Å². The van der Waals surface area contributed by atoms with E-state index < -0.39 is 11.5 Å². The summed E-state index contributed by atoms with van der Waals surface area (Å²) in [6, 6.07) is 2.76. The number of pyridine rings is 2. The summed E-state index contributed by atoms with van der Waals surface area (Å²) in [4.78, 5) is 47.8. The number of anilines is 1. The predicted octanol–water partition coefficient (Wildman–Crippen LogP) is 3.04. The third-order valence-corrected chi connectivity index (χ3v) is 7.35. The van der Waals surface area contributed by atoms with Gasteiger partial charge in [-0.25, -0.2) is 18.7 Å². The molecule has 2 aliphatic heterocycles. The van der Waals surface area contributed by atoms with Crippen LogP contribution in [0.15, 0.2) is 40.3 Å². The molecule has 4 aromatic heterocycles. The van der Waals surface area contributed by atoms with E-state index in [-0.39, 0.29) is 40.9 Å². The fourth-order valence-corrected chi connectivity index (χ4v) is 5.36. The lowest BCUT2D eigenvalue weighted by molar-refractivity contribution is -0.126. The summed E-state index contributed by atoms with van der Waals surface area (Å²) in [5.74, 6) is 0.0587. The van der Waals surface area contributed by atoms with Crippen LogP contribution in [0, 0.1) is 5.82 Å². The molecule has 0 saturated carbocycles. The Morgan fingerprint density at radius 3 is 2.83 bits per heavy atom. The molecule has 1 saturated heterocycles. The molecule has 41 heavy (non-hydrogen) atoms. The third kappa shape index (κ3) is 4.60. The van der Waals surface area contributed by atoms with Crippen molar-refractivity contribution in [3.63, 3.8) is 0 Å². The van der Waals surface area contributed by atoms with Gasteiger partial charge in [0, 0.05) is 44.4 Å². The molecule has 12 nitrogen and oxygen atoms in total. The first-order valence-corrected chi connectivity index (χ1v) is 13.5. The molecule has 0 N–H and O–H groups in total. The first kappa shape index (κ1) is 26.5. The summed E-state index contributed by atoms with van der Waals surface area (Å²) < 4.78 is 28.6. The van der Waals surface area contributed by atoms with Crippen LogP contribution in [0.5, 0.6) is 5.75 Å². The quantitative estimate of drug-likeness (QED) is 0.344. The molecule has 4 bridgehead atoms. The van der Waals surface area contributed by atoms with Gasteiger partial charge in [-0.1, -0.05) is 25.6 Å². The van der Waals surface area contributed by atoms with Crippen molar-refractivity contribution in [2.45, 2.75) is 45.6 Å². The summed E-state index contributed by atoms with van der Waals surface area (Å²) in [5, 5.41) is 4.27. The first-order chi connectivity index (χ1) is 19.8. The molecule has 6 heterocycles. The van der Waals surface area contributed by atoms with E-state index >= 15 is 4.39 Å². The highest BCUT2D eigenvalue weighted by atomic mass is 19.1. The van der Waals surface area contributed by atoms with Gasteiger partial charge in [-0.05, 0) is 31.4 Å². The highest BCUT2D eigenvalue weighted by Gasteiger charge is 2.31. The summed E-state index contributed by atoms with van der Waals surface area (Å²) in [6.07, 6.45) is 3.92. The normalized spacial score (nSPS) is 17.0. The van der Waals surface area contributed by atoms with Crippen LogP contribution in [0.2, 0.25) is 0 Å². The van der Waals surface area contributed by atoms with E-state index in [1.807, 2.05) is 25.7 Å². The molecule has 0 unspecified atom stereocenters. The SMILES string of the molecule is C=CC(=O)N1CCN(c2nc(=O)n3c4nc(c(F)cc24)-c2nc(no2)CCCOc2ccnc(C(C)C)c2-3)[C@@H](C)C1. The van der Waals surface area contributed by atoms with Crippen LogP contribution in [0.1, 0.15) is 44.6 Å². The Hall–Kier alpha value is -4.68. The van der Waals surface area contributed by atoms with E-state index in [1.165, 1.54) is 16.7 Å². The molecule has 1 fully saturated rings. The van der Waals surface area contributed by atoms with Crippen LogP contribution in [0.4, 0.5) is 10.2 Å². The third-order valence-electron chi connectivity index (χ3n) is 7.35. The van der Waals surface area contributed by atoms with Gasteiger partial charge in [0.15, 0.2) is 23.0 Å². The highest BCUT2D eigenvalue weighted by molar-refractivity contribution is 5.91. The van der Waals surface area contributed by atoms with Gasteiger partial charge < -0.3 is 19.1 Å². The molecule has 0 spiro atoms. The monoisotopic (exact) mass is 560 g/mol. The summed E-state index contributed by atoms with van der Waals surface area (Å²) in [6.45, 7) is 10.9. The van der Waals surface area contributed by atoms with Crippen molar-refractivity contribution < 1.29 is 18.4 Å². The topological polar surface area (TPSA) is 132 Å². The second kappa shape index (κ2) is 10.4. The fourth-order valence-electron chi connectivity index (χ4n) is 5.36. The molecule has 0 radical (unpaired) electrons. The number of nitrogens with zero attached hydrogens (tertiary/aromatic N) is 8. The predicted molar refractivity (Wildman–Crippen MR) is 148 cm³/mol. The molecule has 2 aliphatic rings. The van der Waals surface area contributed by atoms with Gasteiger partial charge in [0.2, 0.25) is 5.91 Å². The molecule has 212 valence electrons. The molecule has 1 atom stereocenters. The zero-order valence-corrected chi connectivity index (χ0v) is 23.0. The number of halogens is 1. The van der Waals surface area contributed by atoms with Gasteiger partial charge in [-0.15, -0.1) is 0 Å². The van der Waals surface area contributed by atoms with Crippen molar-refractivity contribution in [3.05, 3.63) is 58.8 Å². The Kier molecular flexibility index (Phi) is 6.72. The maximum Gasteiger partial charge on any atom is 0.356 e. The number of carbonyl (C=O) groups is 1. The van der Waals surface area contributed by atoms with Crippen LogP contribution in [0.25, 0.3) is 28.3 Å². The zero-order valence-electron chi connectivity index (χ0n) is 23.0. The van der Waals surface area contributed by atoms with E-state index in [9.17, 15) is 9.59 Å². The van der Waals surface area contributed by atoms with Crippen molar-refractivity contribution in [2.75, 3.05) is 31.1 Å². The van der Waals surface area contributed by atoms with Crippen molar-refractivity contribution in [1.82, 2.24) is 34.6 Å². The second-order valence-electron chi connectivity index (χ2n) is 10.4. The number of amides is 1. The van der Waals surface area contributed by atoms with Crippen molar-refractivity contribution in [1.29, 1.82) is 0 Å². The average molecular weight is 561 g/mol. The number of hydrogen-bond donors (Lipinski definition) is 0. The molecule has 6 rings (SSSR count). The minimum absolute atomic E-state index is 0.0839. The Labute approximate surface area is 234 Å². The molecule has 0 aromatic carbocycles. The standard InChI is InChI=1S/C28H29FN8O4/c1-5-21(38)35-10-11-36(16(4)14-35)25-17-13-18(29)23-27-31-20(34-41-27)7-6-12-40-19-8-9-30-22(15(2)3)24(19)37(26(17)32-23)28(39)33-25/h5,8-9,13,15-16H,1,6-7,10-12,14H2,2-4H3/t16-/m0/s1. The van der Waals surface area contributed by atoms with Gasteiger partial charge in [0.25, 0.3) is 5.89 Å². The molecule has 1 amide bonds. The van der Waals surface area contributed by atoms with Gasteiger partial charge in [0.1, 0.15) is 17.3 Å². The van der Waals surface area contributed by atoms with Crippen LogP contribution < -0.4 is 15.3 Å². The number of aromatic nitrogens is 6. The number of piperazine rings is 1. The number of fused-ring (bicyclic) bond motifs is 6. The highest BCUT2D eigenvalue weighted by Crippen LogP contribution is 2.35. The van der Waals surface area contributed by atoms with Gasteiger partial charge in [0.05, 0.1) is 17.7 Å². The molecular weight excluding hydrogens is 531 g/mol. The molecular formula is C28H29FN8O4. The lowest BCUT2D eigenvalue weighted by atomic mass is 10.1. The average Bonchev–Trinajstić information content (AvgIpc) is 3.43. The molecule has 13 heteroatoms. The lowest BCUT2D eigenvalue weighted by Crippen LogP contribution is -2.54. The fraction of sp³-hybridized carbons (Fsp3) is 0.393. The van der Waals surface area contributed by atoms with E-state index in [1.54, 1.807) is 17.2 Å². The van der Waals surface area contributed by atoms with Gasteiger partial charge >= 0.3 is 5.69 Å². The number of ether oxygens (including phenoxy) is 1. The number of aryl methyl sites for hydroxylation is 1. The summed E-state index contributed by atoms with van der Waals surface area (Å²) in [5.41, 5.74) is 0.350. The number of carbonyl (C=O) groups excluding carboxylic acids is 1. The van der Waals surface area contributed by atoms with Crippen LogP contribution in [-0.4, -0.2) is 72.7 Å². The minimum atomic E-state index is -0.698. The molecule has 0 aliphatic carbocycles. The van der Waals surface area contributed by atoms with Crippen molar-refractivity contribution in [2.24, 2.45) is 0 Å². The number of hydrogen-bond acceptors (Lipinski definition) is 10. The summed E-state index contributed by atoms with van der Waals surface area (Å²) in [7, 11) is 0. The maximum absolute atomic E-state index is 15.8. The van der Waals surface area contributed by atoms with Crippen molar-refractivity contribution >= 4 is 22.8 Å². The Bertz CT molecular complexity index is 1730. The first-order valence-electron chi connectivity index (χ1n) is 13.5. The minimum Gasteiger partial charge on any atom is -0.491 e. The Morgan fingerprint density at radius 1 is 1.24 bits per heavy atom. The van der Waals surface area contributed by atoms with Gasteiger partial charge in [-0.3, -0.25) is 9.78 Å². The Morgan fingerprint density at radius 2 is 2.07 bits per heavy atom. The van der Waals surface area contributed by atoms with Crippen LogP contribution in [-0.2, 0) is 11.2 Å². The van der Waals surface area contributed by atoms with E-state index in [4.69, 9.17) is 9.26 Å². The smallest absolute Gasteiger partial charge is 0.356 e. The van der Waals surface area contributed by atoms with Crippen LogP contribution >= 0.6 is 0 Å². The molecule has 4 aromatic rings.